The van der Waals surface area contributed by atoms with Gasteiger partial charge in [-0.2, -0.15) is 0 Å². The fourth-order valence-electron chi connectivity index (χ4n) is 1.27. The van der Waals surface area contributed by atoms with Gasteiger partial charge in [-0.3, -0.25) is 19.3 Å². The van der Waals surface area contributed by atoms with Gasteiger partial charge < -0.3 is 16.6 Å². The van der Waals surface area contributed by atoms with Crippen LogP contribution in [0, 0.1) is 0 Å². The monoisotopic (exact) mass is 231 g/mol. The molecule has 0 atom stereocenters. The SMILES string of the molecule is NC(=O)CN(CCCCC(=O)O)CC(N)=O. The molecule has 5 N–H and O–H groups in total. The van der Waals surface area contributed by atoms with Crippen LogP contribution >= 0.6 is 0 Å². The molecule has 2 amide bonds. The lowest BCUT2D eigenvalue weighted by atomic mass is 10.2. The second-order valence-corrected chi connectivity index (χ2v) is 3.49. The molecule has 0 heterocycles. The van der Waals surface area contributed by atoms with Crippen molar-refractivity contribution in [3.8, 4) is 0 Å². The summed E-state index contributed by atoms with van der Waals surface area (Å²) in [5.74, 6) is -1.95. The fraction of sp³-hybridized carbons (Fsp3) is 0.667. The zero-order valence-electron chi connectivity index (χ0n) is 9.02. The Bertz CT molecular complexity index is 251. The predicted octanol–water partition coefficient (Wildman–Crippen LogP) is -1.49. The van der Waals surface area contributed by atoms with E-state index in [-0.39, 0.29) is 19.5 Å². The van der Waals surface area contributed by atoms with Crippen LogP contribution in [0.2, 0.25) is 0 Å². The summed E-state index contributed by atoms with van der Waals surface area (Å²) in [7, 11) is 0. The normalized spacial score (nSPS) is 10.3. The van der Waals surface area contributed by atoms with Crippen LogP contribution in [0.5, 0.6) is 0 Å². The molecule has 0 aliphatic rings. The molecule has 0 radical (unpaired) electrons. The Morgan fingerprint density at radius 1 is 1.00 bits per heavy atom. The lowest BCUT2D eigenvalue weighted by Gasteiger charge is -2.18. The first kappa shape index (κ1) is 14.4. The Balaban J connectivity index is 3.86. The van der Waals surface area contributed by atoms with Crippen molar-refractivity contribution >= 4 is 17.8 Å². The summed E-state index contributed by atoms with van der Waals surface area (Å²) >= 11 is 0. The zero-order chi connectivity index (χ0) is 12.6. The van der Waals surface area contributed by atoms with Gasteiger partial charge in [-0.1, -0.05) is 0 Å². The summed E-state index contributed by atoms with van der Waals surface area (Å²) in [4.78, 5) is 33.1. The zero-order valence-corrected chi connectivity index (χ0v) is 9.02. The van der Waals surface area contributed by atoms with E-state index in [1.165, 1.54) is 4.90 Å². The molecule has 0 aromatic heterocycles. The molecule has 0 saturated carbocycles. The number of primary amides is 2. The Morgan fingerprint density at radius 3 is 1.88 bits per heavy atom. The average Bonchev–Trinajstić information content (AvgIpc) is 2.09. The number of carboxylic acid groups (broad SMARTS) is 1. The molecular formula is C9H17N3O4. The highest BCUT2D eigenvalue weighted by atomic mass is 16.4. The van der Waals surface area contributed by atoms with Crippen molar-refractivity contribution in [1.82, 2.24) is 4.90 Å². The first-order chi connectivity index (χ1) is 7.41. The highest BCUT2D eigenvalue weighted by Gasteiger charge is 2.10. The van der Waals surface area contributed by atoms with Gasteiger partial charge in [0.2, 0.25) is 11.8 Å². The molecule has 0 saturated heterocycles. The van der Waals surface area contributed by atoms with Crippen molar-refractivity contribution in [1.29, 1.82) is 0 Å². The number of unbranched alkanes of at least 4 members (excludes halogenated alkanes) is 1. The number of nitrogens with two attached hydrogens (primary N) is 2. The van der Waals surface area contributed by atoms with Gasteiger partial charge in [0.25, 0.3) is 0 Å². The van der Waals surface area contributed by atoms with Crippen LogP contribution in [-0.4, -0.2) is 47.4 Å². The minimum absolute atomic E-state index is 0.0456. The summed E-state index contributed by atoms with van der Waals surface area (Å²) < 4.78 is 0. The van der Waals surface area contributed by atoms with Crippen molar-refractivity contribution in [2.75, 3.05) is 19.6 Å². The van der Waals surface area contributed by atoms with Gasteiger partial charge >= 0.3 is 5.97 Å². The van der Waals surface area contributed by atoms with Gasteiger partial charge in [-0.25, -0.2) is 0 Å². The van der Waals surface area contributed by atoms with E-state index in [4.69, 9.17) is 16.6 Å². The van der Waals surface area contributed by atoms with Gasteiger partial charge in [0.1, 0.15) is 0 Å². The summed E-state index contributed by atoms with van der Waals surface area (Å²) in [6, 6.07) is 0. The Hall–Kier alpha value is -1.63. The van der Waals surface area contributed by atoms with Crippen molar-refractivity contribution in [3.05, 3.63) is 0 Å². The fourth-order valence-corrected chi connectivity index (χ4v) is 1.27. The minimum Gasteiger partial charge on any atom is -0.481 e. The maximum atomic E-state index is 10.7. The smallest absolute Gasteiger partial charge is 0.303 e. The van der Waals surface area contributed by atoms with Crippen molar-refractivity contribution in [3.63, 3.8) is 0 Å². The third kappa shape index (κ3) is 8.95. The molecule has 16 heavy (non-hydrogen) atoms. The molecule has 0 aliphatic carbocycles. The van der Waals surface area contributed by atoms with E-state index in [9.17, 15) is 14.4 Å². The van der Waals surface area contributed by atoms with Crippen LogP contribution < -0.4 is 11.5 Å². The van der Waals surface area contributed by atoms with Crippen molar-refractivity contribution in [2.24, 2.45) is 11.5 Å². The first-order valence-electron chi connectivity index (χ1n) is 4.92. The molecule has 7 nitrogen and oxygen atoms in total. The largest absolute Gasteiger partial charge is 0.481 e. The van der Waals surface area contributed by atoms with Crippen LogP contribution in [0.25, 0.3) is 0 Å². The number of rotatable bonds is 9. The number of hydrogen-bond acceptors (Lipinski definition) is 4. The molecule has 0 bridgehead atoms. The highest BCUT2D eigenvalue weighted by molar-refractivity contribution is 5.79. The maximum Gasteiger partial charge on any atom is 0.303 e. The molecule has 0 rings (SSSR count). The molecule has 0 aliphatic heterocycles. The van der Waals surface area contributed by atoms with Gasteiger partial charge in [-0.15, -0.1) is 0 Å². The lowest BCUT2D eigenvalue weighted by Crippen LogP contribution is -2.40. The molecular weight excluding hydrogens is 214 g/mol. The topological polar surface area (TPSA) is 127 Å². The first-order valence-corrected chi connectivity index (χ1v) is 4.92. The van der Waals surface area contributed by atoms with E-state index in [2.05, 4.69) is 0 Å². The summed E-state index contributed by atoms with van der Waals surface area (Å²) in [5, 5.41) is 8.41. The Kier molecular flexibility index (Phi) is 6.86. The van der Waals surface area contributed by atoms with E-state index in [0.29, 0.717) is 19.4 Å². The van der Waals surface area contributed by atoms with Crippen molar-refractivity contribution < 1.29 is 19.5 Å². The van der Waals surface area contributed by atoms with Crippen LogP contribution in [-0.2, 0) is 14.4 Å². The van der Waals surface area contributed by atoms with Gasteiger partial charge in [0.15, 0.2) is 0 Å². The van der Waals surface area contributed by atoms with Crippen LogP contribution in [0.3, 0.4) is 0 Å². The van der Waals surface area contributed by atoms with E-state index in [0.717, 1.165) is 0 Å². The second kappa shape index (κ2) is 7.63. The van der Waals surface area contributed by atoms with Crippen LogP contribution in [0.15, 0.2) is 0 Å². The number of amides is 2. The van der Waals surface area contributed by atoms with E-state index in [1.807, 2.05) is 0 Å². The highest BCUT2D eigenvalue weighted by Crippen LogP contribution is 1.98. The maximum absolute atomic E-state index is 10.7. The quantitative estimate of drug-likeness (QED) is 0.417. The molecule has 0 aromatic carbocycles. The van der Waals surface area contributed by atoms with Crippen LogP contribution in [0.1, 0.15) is 19.3 Å². The number of carboxylic acids is 1. The third-order valence-corrected chi connectivity index (χ3v) is 1.87. The Morgan fingerprint density at radius 2 is 1.50 bits per heavy atom. The minimum atomic E-state index is -0.864. The molecule has 92 valence electrons. The summed E-state index contributed by atoms with van der Waals surface area (Å²) in [5.41, 5.74) is 9.99. The van der Waals surface area contributed by atoms with Gasteiger partial charge in [0, 0.05) is 6.42 Å². The van der Waals surface area contributed by atoms with E-state index in [1.54, 1.807) is 0 Å². The molecule has 7 heteroatoms. The summed E-state index contributed by atoms with van der Waals surface area (Å²) in [6.45, 7) is 0.338. The molecule has 0 unspecified atom stereocenters. The summed E-state index contributed by atoms with van der Waals surface area (Å²) in [6.07, 6.45) is 1.14. The lowest BCUT2D eigenvalue weighted by molar-refractivity contribution is -0.137. The molecule has 0 spiro atoms. The average molecular weight is 231 g/mol. The number of carbonyl (C=O) groups excluding carboxylic acids is 2. The van der Waals surface area contributed by atoms with E-state index < -0.39 is 17.8 Å². The van der Waals surface area contributed by atoms with Crippen molar-refractivity contribution in [2.45, 2.75) is 19.3 Å². The third-order valence-electron chi connectivity index (χ3n) is 1.87. The number of aliphatic carboxylic acids is 1. The number of nitrogens with zero attached hydrogens (tertiary/aromatic N) is 1. The molecule has 0 fully saturated rings. The van der Waals surface area contributed by atoms with E-state index >= 15 is 0 Å². The molecule has 0 aromatic rings. The Labute approximate surface area is 93.4 Å². The van der Waals surface area contributed by atoms with Gasteiger partial charge in [0.05, 0.1) is 13.1 Å². The predicted molar refractivity (Wildman–Crippen MR) is 56.3 cm³/mol. The van der Waals surface area contributed by atoms with Crippen LogP contribution in [0.4, 0.5) is 0 Å². The number of hydrogen-bond donors (Lipinski definition) is 3. The standard InChI is InChI=1S/C9H17N3O4/c10-7(13)5-12(6-8(11)14)4-2-1-3-9(15)16/h1-6H2,(H2,10,13)(H2,11,14)(H,15,16). The number of carbonyl (C=O) groups is 3. The van der Waals surface area contributed by atoms with Gasteiger partial charge in [-0.05, 0) is 19.4 Å². The second-order valence-electron chi connectivity index (χ2n) is 3.49.